The predicted octanol–water partition coefficient (Wildman–Crippen LogP) is 2.77. The standard InChI is InChI=1S/C11H11F3O3/c1-2-7-4-3-5-9(17-11(12,13)14)8(7)6-10(15)16/h3-5H,2,6H2,1H3,(H,15,16). The molecule has 0 fully saturated rings. The summed E-state index contributed by atoms with van der Waals surface area (Å²) in [4.78, 5) is 10.6. The van der Waals surface area contributed by atoms with E-state index in [1.54, 1.807) is 13.0 Å². The molecule has 0 saturated carbocycles. The molecule has 0 aliphatic heterocycles. The number of ether oxygens (including phenoxy) is 1. The average Bonchev–Trinajstić information content (AvgIpc) is 2.17. The van der Waals surface area contributed by atoms with E-state index >= 15 is 0 Å². The van der Waals surface area contributed by atoms with Crippen LogP contribution in [0, 0.1) is 0 Å². The maximum atomic E-state index is 12.1. The number of hydrogen-bond donors (Lipinski definition) is 1. The summed E-state index contributed by atoms with van der Waals surface area (Å²) in [6.45, 7) is 1.73. The molecule has 0 atom stereocenters. The number of rotatable bonds is 4. The molecule has 1 aromatic rings. The number of alkyl halides is 3. The van der Waals surface area contributed by atoms with E-state index in [2.05, 4.69) is 4.74 Å². The Hall–Kier alpha value is -1.72. The van der Waals surface area contributed by atoms with Gasteiger partial charge in [-0.3, -0.25) is 4.79 Å². The average molecular weight is 248 g/mol. The van der Waals surface area contributed by atoms with Crippen LogP contribution in [-0.2, 0) is 17.6 Å². The molecule has 3 nitrogen and oxygen atoms in total. The van der Waals surface area contributed by atoms with Crippen molar-refractivity contribution in [2.24, 2.45) is 0 Å². The number of carboxylic acids is 1. The topological polar surface area (TPSA) is 46.5 Å². The number of benzene rings is 1. The first-order valence-electron chi connectivity index (χ1n) is 4.91. The first-order chi connectivity index (χ1) is 7.83. The van der Waals surface area contributed by atoms with Crippen molar-refractivity contribution in [3.63, 3.8) is 0 Å². The second-order valence-corrected chi connectivity index (χ2v) is 3.37. The fourth-order valence-corrected chi connectivity index (χ4v) is 1.51. The highest BCUT2D eigenvalue weighted by atomic mass is 19.4. The lowest BCUT2D eigenvalue weighted by Crippen LogP contribution is -2.19. The van der Waals surface area contributed by atoms with Crippen LogP contribution in [-0.4, -0.2) is 17.4 Å². The molecule has 6 heteroatoms. The van der Waals surface area contributed by atoms with Gasteiger partial charge in [-0.25, -0.2) is 0 Å². The Morgan fingerprint density at radius 3 is 2.53 bits per heavy atom. The van der Waals surface area contributed by atoms with Gasteiger partial charge in [0.05, 0.1) is 6.42 Å². The van der Waals surface area contributed by atoms with Crippen LogP contribution in [0.3, 0.4) is 0 Å². The Morgan fingerprint density at radius 1 is 1.41 bits per heavy atom. The monoisotopic (exact) mass is 248 g/mol. The van der Waals surface area contributed by atoms with Crippen LogP contribution in [0.15, 0.2) is 18.2 Å². The molecular weight excluding hydrogens is 237 g/mol. The van der Waals surface area contributed by atoms with Crippen molar-refractivity contribution in [1.82, 2.24) is 0 Å². The summed E-state index contributed by atoms with van der Waals surface area (Å²) in [5.41, 5.74) is 0.606. The van der Waals surface area contributed by atoms with Crippen LogP contribution in [0.1, 0.15) is 18.1 Å². The van der Waals surface area contributed by atoms with Crippen LogP contribution in [0.5, 0.6) is 5.75 Å². The van der Waals surface area contributed by atoms with Gasteiger partial charge in [-0.05, 0) is 18.1 Å². The molecule has 0 aromatic heterocycles. The van der Waals surface area contributed by atoms with Crippen molar-refractivity contribution in [2.75, 3.05) is 0 Å². The number of halogens is 3. The number of carbonyl (C=O) groups is 1. The summed E-state index contributed by atoms with van der Waals surface area (Å²) >= 11 is 0. The minimum Gasteiger partial charge on any atom is -0.481 e. The highest BCUT2D eigenvalue weighted by Crippen LogP contribution is 2.29. The van der Waals surface area contributed by atoms with E-state index in [4.69, 9.17) is 5.11 Å². The van der Waals surface area contributed by atoms with Crippen LogP contribution in [0.2, 0.25) is 0 Å². The van der Waals surface area contributed by atoms with E-state index in [0.29, 0.717) is 12.0 Å². The summed E-state index contributed by atoms with van der Waals surface area (Å²) in [7, 11) is 0. The number of aliphatic carboxylic acids is 1. The predicted molar refractivity (Wildman–Crippen MR) is 53.8 cm³/mol. The zero-order chi connectivity index (χ0) is 13.1. The third kappa shape index (κ3) is 3.97. The minimum atomic E-state index is -4.82. The maximum absolute atomic E-state index is 12.1. The first-order valence-corrected chi connectivity index (χ1v) is 4.91. The molecule has 1 rings (SSSR count). The second kappa shape index (κ2) is 5.07. The lowest BCUT2D eigenvalue weighted by molar-refractivity contribution is -0.275. The van der Waals surface area contributed by atoms with Gasteiger partial charge in [-0.15, -0.1) is 13.2 Å². The van der Waals surface area contributed by atoms with Gasteiger partial charge < -0.3 is 9.84 Å². The molecule has 0 aliphatic carbocycles. The molecule has 1 aromatic carbocycles. The normalized spacial score (nSPS) is 11.3. The Kier molecular flexibility index (Phi) is 3.98. The van der Waals surface area contributed by atoms with Gasteiger partial charge >= 0.3 is 12.3 Å². The third-order valence-corrected chi connectivity index (χ3v) is 2.16. The molecule has 94 valence electrons. The van der Waals surface area contributed by atoms with E-state index in [0.717, 1.165) is 6.07 Å². The Labute approximate surface area is 95.8 Å². The van der Waals surface area contributed by atoms with Crippen molar-refractivity contribution in [2.45, 2.75) is 26.1 Å². The van der Waals surface area contributed by atoms with Gasteiger partial charge in [-0.1, -0.05) is 19.1 Å². The van der Waals surface area contributed by atoms with Gasteiger partial charge in [-0.2, -0.15) is 0 Å². The molecule has 0 unspecified atom stereocenters. The van der Waals surface area contributed by atoms with E-state index < -0.39 is 24.5 Å². The lowest BCUT2D eigenvalue weighted by atomic mass is 10.0. The van der Waals surface area contributed by atoms with Crippen molar-refractivity contribution >= 4 is 5.97 Å². The second-order valence-electron chi connectivity index (χ2n) is 3.37. The number of aryl methyl sites for hydroxylation is 1. The molecule has 0 saturated heterocycles. The van der Waals surface area contributed by atoms with E-state index in [-0.39, 0.29) is 5.56 Å². The number of hydrogen-bond acceptors (Lipinski definition) is 2. The molecule has 0 amide bonds. The molecular formula is C11H11F3O3. The molecule has 17 heavy (non-hydrogen) atoms. The highest BCUT2D eigenvalue weighted by Gasteiger charge is 2.32. The summed E-state index contributed by atoms with van der Waals surface area (Å²) in [5.74, 6) is -1.64. The third-order valence-electron chi connectivity index (χ3n) is 2.16. The van der Waals surface area contributed by atoms with E-state index in [1.807, 2.05) is 0 Å². The zero-order valence-electron chi connectivity index (χ0n) is 9.04. The van der Waals surface area contributed by atoms with Crippen molar-refractivity contribution in [3.8, 4) is 5.75 Å². The zero-order valence-corrected chi connectivity index (χ0v) is 9.04. The maximum Gasteiger partial charge on any atom is 0.573 e. The largest absolute Gasteiger partial charge is 0.573 e. The summed E-state index contributed by atoms with van der Waals surface area (Å²) in [5, 5.41) is 8.67. The summed E-state index contributed by atoms with van der Waals surface area (Å²) < 4.78 is 40.2. The smallest absolute Gasteiger partial charge is 0.481 e. The first kappa shape index (κ1) is 13.3. The fourth-order valence-electron chi connectivity index (χ4n) is 1.51. The lowest BCUT2D eigenvalue weighted by Gasteiger charge is -2.14. The molecule has 0 aliphatic rings. The van der Waals surface area contributed by atoms with E-state index in [1.165, 1.54) is 6.07 Å². The van der Waals surface area contributed by atoms with Crippen molar-refractivity contribution in [1.29, 1.82) is 0 Å². The van der Waals surface area contributed by atoms with Crippen molar-refractivity contribution in [3.05, 3.63) is 29.3 Å². The fraction of sp³-hybridized carbons (Fsp3) is 0.364. The Bertz CT molecular complexity index is 413. The summed E-state index contributed by atoms with van der Waals surface area (Å²) in [6.07, 6.45) is -4.87. The molecule has 0 heterocycles. The highest BCUT2D eigenvalue weighted by molar-refractivity contribution is 5.72. The molecule has 1 N–H and O–H groups in total. The summed E-state index contributed by atoms with van der Waals surface area (Å²) in [6, 6.07) is 4.11. The van der Waals surface area contributed by atoms with Gasteiger partial charge in [0.1, 0.15) is 5.75 Å². The van der Waals surface area contributed by atoms with Gasteiger partial charge in [0, 0.05) is 5.56 Å². The van der Waals surface area contributed by atoms with Gasteiger partial charge in [0.25, 0.3) is 0 Å². The SMILES string of the molecule is CCc1cccc(OC(F)(F)F)c1CC(=O)O. The molecule has 0 radical (unpaired) electrons. The molecule has 0 spiro atoms. The minimum absolute atomic E-state index is 0.0693. The van der Waals surface area contributed by atoms with E-state index in [9.17, 15) is 18.0 Å². The number of carboxylic acid groups (broad SMARTS) is 1. The quantitative estimate of drug-likeness (QED) is 0.891. The van der Waals surface area contributed by atoms with Gasteiger partial charge in [0.2, 0.25) is 0 Å². The van der Waals surface area contributed by atoms with Crippen LogP contribution >= 0.6 is 0 Å². The van der Waals surface area contributed by atoms with Gasteiger partial charge in [0.15, 0.2) is 0 Å². The van der Waals surface area contributed by atoms with Crippen molar-refractivity contribution < 1.29 is 27.8 Å². The van der Waals surface area contributed by atoms with Crippen LogP contribution in [0.25, 0.3) is 0 Å². The molecule has 0 bridgehead atoms. The Morgan fingerprint density at radius 2 is 2.06 bits per heavy atom. The van der Waals surface area contributed by atoms with Crippen LogP contribution < -0.4 is 4.74 Å². The van der Waals surface area contributed by atoms with Crippen LogP contribution in [0.4, 0.5) is 13.2 Å². The Balaban J connectivity index is 3.14.